The monoisotopic (exact) mass is 849 g/mol. The lowest BCUT2D eigenvalue weighted by Crippen LogP contribution is -2.42. The molecule has 6 atom stereocenters. The Labute approximate surface area is 370 Å². The van der Waals surface area contributed by atoms with Crippen molar-refractivity contribution in [3.8, 4) is 0 Å². The molecule has 2 aliphatic rings. The molecule has 6 rings (SSSR count). The van der Waals surface area contributed by atoms with Gasteiger partial charge in [-0.2, -0.15) is 0 Å². The van der Waals surface area contributed by atoms with Crippen LogP contribution in [0.3, 0.4) is 0 Å². The number of carbonyl (C=O) groups excluding carboxylic acids is 3. The van der Waals surface area contributed by atoms with Gasteiger partial charge in [-0.1, -0.05) is 81.9 Å². The normalized spacial score (nSPS) is 20.6. The number of rotatable bonds is 15. The van der Waals surface area contributed by atoms with Gasteiger partial charge >= 0.3 is 5.97 Å². The molecule has 0 radical (unpaired) electrons. The zero-order valence-corrected chi connectivity index (χ0v) is 37.8. The molecule has 0 aliphatic heterocycles. The van der Waals surface area contributed by atoms with Gasteiger partial charge in [-0.15, -0.1) is 0 Å². The highest BCUT2D eigenvalue weighted by atomic mass is 16.4. The van der Waals surface area contributed by atoms with Crippen LogP contribution in [0.4, 0.5) is 0 Å². The minimum Gasteiger partial charge on any atom is -0.481 e. The first-order valence-corrected chi connectivity index (χ1v) is 21.1. The Hall–Kier alpha value is -5.36. The Morgan fingerprint density at radius 3 is 1.34 bits per heavy atom. The molecule has 62 heavy (non-hydrogen) atoms. The number of benzene rings is 4. The molecule has 2 aliphatic carbocycles. The molecule has 0 bridgehead atoms. The van der Waals surface area contributed by atoms with Crippen molar-refractivity contribution in [3.05, 3.63) is 141 Å². The summed E-state index contributed by atoms with van der Waals surface area (Å²) in [6.45, 7) is 13.4. The van der Waals surface area contributed by atoms with Crippen LogP contribution in [-0.4, -0.2) is 92.0 Å². The number of hydrogen-bond donors (Lipinski definition) is 5. The second-order valence-corrected chi connectivity index (χ2v) is 17.9. The van der Waals surface area contributed by atoms with Crippen molar-refractivity contribution < 1.29 is 24.3 Å². The van der Waals surface area contributed by atoms with Crippen LogP contribution in [-0.2, 0) is 33.3 Å². The summed E-state index contributed by atoms with van der Waals surface area (Å²) in [5.41, 5.74) is 26.6. The molecule has 11 nitrogen and oxygen atoms in total. The molecule has 4 aromatic carbocycles. The van der Waals surface area contributed by atoms with E-state index in [0.717, 1.165) is 53.5 Å². The summed E-state index contributed by atoms with van der Waals surface area (Å²) in [6.07, 6.45) is 3.35. The zero-order chi connectivity index (χ0) is 45.4. The number of amides is 3. The number of aryl methyl sites for hydroxylation is 4. The van der Waals surface area contributed by atoms with Crippen LogP contribution in [0.25, 0.3) is 0 Å². The van der Waals surface area contributed by atoms with Gasteiger partial charge in [-0.25, -0.2) is 0 Å². The number of nitrogens with one attached hydrogen (secondary N) is 1. The Kier molecular flexibility index (Phi) is 17.8. The first-order chi connectivity index (χ1) is 28.6. The zero-order valence-electron chi connectivity index (χ0n) is 37.8. The van der Waals surface area contributed by atoms with Gasteiger partial charge in [0.2, 0.25) is 17.7 Å². The SMILES string of the molecule is C.C[C@@]1(c2ccccc2)C[C@H]1C(=O)O.Cc1cc(C(N)=O)cc(C)c1C[C@@H](CN)N(C)C.Cc1cc(C(N)=O)cc(C)c1C[C@@H](CNC(=O)[C@@H]1C[C@@]1(C)c1ccccc1)N(C)C. The van der Waals surface area contributed by atoms with Crippen LogP contribution in [0.1, 0.15) is 99.3 Å². The third-order valence-corrected chi connectivity index (χ3v) is 13.0. The molecular formula is C51H72N6O5. The summed E-state index contributed by atoms with van der Waals surface area (Å²) in [5.74, 6) is -1.49. The average molecular weight is 849 g/mol. The standard InChI is InChI=1S/C25H33N3O2.C14H23N3O.C11H12O2.CH4/c1-16-11-18(23(26)29)12-17(2)21(16)13-20(28(4)5)15-27-24(30)22-14-25(22,3)19-9-7-6-8-10-19;1-9-5-11(14(16)18)6-10(2)13(9)7-12(8-15)17(3)4;1-11(7-9(11)10(12)13)8-5-3-2-4-6-8;/h6-12,20,22H,13-15H2,1-5H3,(H2,26,29)(H,27,30);5-6,12H,7-8,15H2,1-4H3,(H2,16,18);2-6,9H,7H2,1H3,(H,12,13);1H4/t20-,22-,25-;12-;9-,11-;/m000./s1. The van der Waals surface area contributed by atoms with Gasteiger partial charge in [0, 0.05) is 53.0 Å². The lowest BCUT2D eigenvalue weighted by Gasteiger charge is -2.26. The van der Waals surface area contributed by atoms with Gasteiger partial charge in [0.25, 0.3) is 0 Å². The number of primary amides is 2. The molecule has 0 spiro atoms. The number of carboxylic acid groups (broad SMARTS) is 1. The minimum atomic E-state index is -0.675. The molecule has 11 heteroatoms. The molecule has 0 saturated heterocycles. The van der Waals surface area contributed by atoms with Gasteiger partial charge in [0.05, 0.1) is 5.92 Å². The Morgan fingerprint density at radius 2 is 1.02 bits per heavy atom. The van der Waals surface area contributed by atoms with E-state index in [-0.39, 0.29) is 47.9 Å². The quantitative estimate of drug-likeness (QED) is 0.0899. The van der Waals surface area contributed by atoms with Crippen LogP contribution >= 0.6 is 0 Å². The van der Waals surface area contributed by atoms with Gasteiger partial charge in [0.1, 0.15) is 0 Å². The van der Waals surface area contributed by atoms with E-state index in [9.17, 15) is 19.2 Å². The van der Waals surface area contributed by atoms with E-state index in [1.807, 2.05) is 136 Å². The summed E-state index contributed by atoms with van der Waals surface area (Å²) in [5, 5.41) is 12.0. The van der Waals surface area contributed by atoms with Crippen molar-refractivity contribution in [1.82, 2.24) is 15.1 Å². The number of aliphatic carboxylic acids is 1. The van der Waals surface area contributed by atoms with E-state index in [2.05, 4.69) is 34.2 Å². The molecule has 2 saturated carbocycles. The minimum absolute atomic E-state index is 0. The number of carbonyl (C=O) groups is 4. The summed E-state index contributed by atoms with van der Waals surface area (Å²) >= 11 is 0. The summed E-state index contributed by atoms with van der Waals surface area (Å²) in [7, 11) is 8.12. The van der Waals surface area contributed by atoms with E-state index in [4.69, 9.17) is 22.3 Å². The van der Waals surface area contributed by atoms with Crippen molar-refractivity contribution in [3.63, 3.8) is 0 Å². The van der Waals surface area contributed by atoms with Crippen molar-refractivity contribution in [1.29, 1.82) is 0 Å². The molecule has 2 fully saturated rings. The number of likely N-dealkylation sites (N-methyl/N-ethyl adjacent to an activating group) is 2. The topological polar surface area (TPSA) is 185 Å². The maximum Gasteiger partial charge on any atom is 0.307 e. The molecular weight excluding hydrogens is 777 g/mol. The average Bonchev–Trinajstić information content (AvgIpc) is 4.12. The van der Waals surface area contributed by atoms with Crippen molar-refractivity contribution in [2.75, 3.05) is 41.3 Å². The van der Waals surface area contributed by atoms with E-state index in [1.165, 1.54) is 16.7 Å². The highest BCUT2D eigenvalue weighted by molar-refractivity contribution is 5.94. The van der Waals surface area contributed by atoms with Crippen LogP contribution in [0.2, 0.25) is 0 Å². The first-order valence-electron chi connectivity index (χ1n) is 21.1. The van der Waals surface area contributed by atoms with Gasteiger partial charge in [-0.05, 0) is 150 Å². The third kappa shape index (κ3) is 12.6. The lowest BCUT2D eigenvalue weighted by molar-refractivity contribution is -0.139. The van der Waals surface area contributed by atoms with Crippen LogP contribution in [0.5, 0.6) is 0 Å². The predicted molar refractivity (Wildman–Crippen MR) is 251 cm³/mol. The summed E-state index contributed by atoms with van der Waals surface area (Å²) < 4.78 is 0. The van der Waals surface area contributed by atoms with Gasteiger partial charge < -0.3 is 37.4 Å². The Bertz CT molecular complexity index is 2130. The van der Waals surface area contributed by atoms with Crippen molar-refractivity contribution in [2.45, 2.75) is 97.6 Å². The molecule has 0 unspecified atom stereocenters. The van der Waals surface area contributed by atoms with Gasteiger partial charge in [-0.3, -0.25) is 19.2 Å². The van der Waals surface area contributed by atoms with Crippen LogP contribution in [0, 0.1) is 39.5 Å². The second-order valence-electron chi connectivity index (χ2n) is 17.9. The molecule has 4 aromatic rings. The first kappa shape index (κ1) is 51.0. The van der Waals surface area contributed by atoms with E-state index < -0.39 is 11.9 Å². The summed E-state index contributed by atoms with van der Waals surface area (Å²) in [4.78, 5) is 50.6. The smallest absolute Gasteiger partial charge is 0.307 e. The van der Waals surface area contributed by atoms with Crippen LogP contribution < -0.4 is 22.5 Å². The fourth-order valence-corrected chi connectivity index (χ4v) is 8.39. The molecule has 8 N–H and O–H groups in total. The highest BCUT2D eigenvalue weighted by Crippen LogP contribution is 2.54. The van der Waals surface area contributed by atoms with Crippen molar-refractivity contribution >= 4 is 23.7 Å². The van der Waals surface area contributed by atoms with Crippen LogP contribution in [0.15, 0.2) is 84.9 Å². The molecule has 336 valence electrons. The van der Waals surface area contributed by atoms with E-state index >= 15 is 0 Å². The maximum atomic E-state index is 12.8. The summed E-state index contributed by atoms with van der Waals surface area (Å²) in [6, 6.07) is 28.0. The molecule has 3 amide bonds. The number of nitrogens with two attached hydrogens (primary N) is 3. The van der Waals surface area contributed by atoms with E-state index in [0.29, 0.717) is 30.3 Å². The number of carboxylic acids is 1. The fraction of sp³-hybridized carbons (Fsp3) is 0.451. The van der Waals surface area contributed by atoms with Gasteiger partial charge in [0.15, 0.2) is 0 Å². The van der Waals surface area contributed by atoms with E-state index in [1.54, 1.807) is 0 Å². The number of hydrogen-bond acceptors (Lipinski definition) is 7. The second kappa shape index (κ2) is 21.6. The maximum absolute atomic E-state index is 12.8. The Balaban J connectivity index is 0.000000271. The Morgan fingerprint density at radius 1 is 0.661 bits per heavy atom. The third-order valence-electron chi connectivity index (χ3n) is 13.0. The van der Waals surface area contributed by atoms with Crippen molar-refractivity contribution in [2.24, 2.45) is 29.0 Å². The lowest BCUT2D eigenvalue weighted by atomic mass is 9.93. The fourth-order valence-electron chi connectivity index (χ4n) is 8.39. The molecule has 0 aromatic heterocycles. The largest absolute Gasteiger partial charge is 0.481 e. The predicted octanol–water partition coefficient (Wildman–Crippen LogP) is 6.49. The molecule has 0 heterocycles. The highest BCUT2D eigenvalue weighted by Gasteiger charge is 2.56. The number of nitrogens with zero attached hydrogens (tertiary/aromatic N) is 2.